The van der Waals surface area contributed by atoms with Crippen molar-refractivity contribution in [2.45, 2.75) is 13.8 Å². The highest BCUT2D eigenvalue weighted by atomic mass is 19.1. The Labute approximate surface area is 217 Å². The number of nitrogen functional groups attached to an aromatic ring is 1. The summed E-state index contributed by atoms with van der Waals surface area (Å²) in [6.07, 6.45) is 3.00. The fraction of sp³-hybridized carbons (Fsp3) is 0.107. The van der Waals surface area contributed by atoms with E-state index in [1.54, 1.807) is 55.1 Å². The Morgan fingerprint density at radius 1 is 1.11 bits per heavy atom. The summed E-state index contributed by atoms with van der Waals surface area (Å²) in [5, 5.41) is 3.23. The average Bonchev–Trinajstić information content (AvgIpc) is 3.18. The van der Waals surface area contributed by atoms with Gasteiger partial charge in [0.1, 0.15) is 29.4 Å². The van der Waals surface area contributed by atoms with Crippen molar-refractivity contribution in [3.05, 3.63) is 84.7 Å². The highest BCUT2D eigenvalue weighted by Crippen LogP contribution is 2.43. The van der Waals surface area contributed by atoms with E-state index in [0.717, 1.165) is 11.3 Å². The normalized spacial score (nSPS) is 10.9. The second kappa shape index (κ2) is 9.74. The molecule has 5 rings (SSSR count). The lowest BCUT2D eigenvalue weighted by atomic mass is 9.98. The minimum atomic E-state index is -0.528. The zero-order valence-electron chi connectivity index (χ0n) is 21.0. The Hall–Kier alpha value is -5.12. The number of hydrogen-bond acceptors (Lipinski definition) is 7. The van der Waals surface area contributed by atoms with E-state index in [9.17, 15) is 4.79 Å². The summed E-state index contributed by atoms with van der Waals surface area (Å²) in [7, 11) is 1.79. The quantitative estimate of drug-likeness (QED) is 0.293. The number of nitrogens with two attached hydrogens (primary N) is 1. The van der Waals surface area contributed by atoms with E-state index < -0.39 is 5.82 Å². The smallest absolute Gasteiger partial charge is 0.322 e. The number of fused-ring (bicyclic) bond motifs is 1. The van der Waals surface area contributed by atoms with Crippen molar-refractivity contribution in [1.82, 2.24) is 24.5 Å². The van der Waals surface area contributed by atoms with Crippen LogP contribution < -0.4 is 15.8 Å². The van der Waals surface area contributed by atoms with Gasteiger partial charge in [0.2, 0.25) is 0 Å². The molecule has 2 aromatic carbocycles. The number of aryl methyl sites for hydroxylation is 2. The number of halogens is 1. The molecule has 190 valence electrons. The molecule has 38 heavy (non-hydrogen) atoms. The molecule has 5 aromatic rings. The SMILES string of the molecule is C=C(C)C(=O)Nc1ccc(-c2c(-c3ccc(Oc4nccc(C)n4)cc3)c3c(N)ncnc3n2C)c(F)c1. The van der Waals surface area contributed by atoms with Gasteiger partial charge >= 0.3 is 6.01 Å². The van der Waals surface area contributed by atoms with Gasteiger partial charge in [-0.2, -0.15) is 0 Å². The lowest BCUT2D eigenvalue weighted by Crippen LogP contribution is -2.12. The Balaban J connectivity index is 1.61. The summed E-state index contributed by atoms with van der Waals surface area (Å²) >= 11 is 0. The van der Waals surface area contributed by atoms with Gasteiger partial charge in [-0.25, -0.2) is 24.3 Å². The van der Waals surface area contributed by atoms with E-state index in [1.807, 2.05) is 19.1 Å². The highest BCUT2D eigenvalue weighted by Gasteiger charge is 2.24. The molecule has 9 nitrogen and oxygen atoms in total. The number of rotatable bonds is 6. The standard InChI is InChI=1S/C28H24FN7O2/c1-15(2)27(37)35-18-7-10-20(21(29)13-18)24-22(23-25(30)32-14-33-26(23)36(24)4)17-5-8-19(9-6-17)38-28-31-12-11-16(3)34-28/h5-14H,1H2,2-4H3,(H,35,37)(H2,30,32,33). The van der Waals surface area contributed by atoms with Crippen molar-refractivity contribution in [2.75, 3.05) is 11.1 Å². The zero-order chi connectivity index (χ0) is 27.0. The van der Waals surface area contributed by atoms with Gasteiger partial charge in [-0.05, 0) is 55.8 Å². The van der Waals surface area contributed by atoms with E-state index in [0.29, 0.717) is 44.9 Å². The molecule has 3 heterocycles. The van der Waals surface area contributed by atoms with Crippen molar-refractivity contribution in [3.8, 4) is 34.1 Å². The molecule has 0 aliphatic rings. The molecule has 0 spiro atoms. The number of amides is 1. The Bertz CT molecular complexity index is 1710. The number of anilines is 2. The molecule has 0 unspecified atom stereocenters. The third kappa shape index (κ3) is 4.55. The molecule has 1 amide bonds. The molecular formula is C28H24FN7O2. The van der Waals surface area contributed by atoms with E-state index in [-0.39, 0.29) is 17.7 Å². The van der Waals surface area contributed by atoms with Gasteiger partial charge in [-0.3, -0.25) is 4.79 Å². The third-order valence-corrected chi connectivity index (χ3v) is 5.99. The fourth-order valence-electron chi connectivity index (χ4n) is 4.16. The number of ether oxygens (including phenoxy) is 1. The molecule has 0 aliphatic carbocycles. The second-order valence-electron chi connectivity index (χ2n) is 8.78. The summed E-state index contributed by atoms with van der Waals surface area (Å²) in [6.45, 7) is 7.05. The number of hydrogen-bond donors (Lipinski definition) is 2. The predicted octanol–water partition coefficient (Wildman–Crippen LogP) is 5.43. The zero-order valence-corrected chi connectivity index (χ0v) is 21.0. The van der Waals surface area contributed by atoms with Crippen molar-refractivity contribution < 1.29 is 13.9 Å². The number of benzene rings is 2. The second-order valence-corrected chi connectivity index (χ2v) is 8.78. The Morgan fingerprint density at radius 2 is 1.87 bits per heavy atom. The van der Waals surface area contributed by atoms with Gasteiger partial charge in [0.25, 0.3) is 5.91 Å². The van der Waals surface area contributed by atoms with Crippen molar-refractivity contribution in [3.63, 3.8) is 0 Å². The lowest BCUT2D eigenvalue weighted by molar-refractivity contribution is -0.112. The number of aromatic nitrogens is 5. The van der Waals surface area contributed by atoms with Gasteiger partial charge in [0.15, 0.2) is 0 Å². The first-order valence-corrected chi connectivity index (χ1v) is 11.7. The topological polar surface area (TPSA) is 121 Å². The van der Waals surface area contributed by atoms with Crippen LogP contribution in [-0.4, -0.2) is 30.4 Å². The molecule has 0 aliphatic heterocycles. The van der Waals surface area contributed by atoms with Gasteiger partial charge in [0.05, 0.1) is 11.1 Å². The van der Waals surface area contributed by atoms with Gasteiger partial charge in [-0.1, -0.05) is 18.7 Å². The summed E-state index contributed by atoms with van der Waals surface area (Å²) in [5.41, 5.74) is 10.5. The van der Waals surface area contributed by atoms with Crippen LogP contribution in [0.1, 0.15) is 12.6 Å². The largest absolute Gasteiger partial charge is 0.424 e. The molecule has 0 atom stereocenters. The summed E-state index contributed by atoms with van der Waals surface area (Å²) in [6, 6.07) is 13.8. The van der Waals surface area contributed by atoms with E-state index in [4.69, 9.17) is 10.5 Å². The van der Waals surface area contributed by atoms with Crippen LogP contribution in [0, 0.1) is 12.7 Å². The lowest BCUT2D eigenvalue weighted by Gasteiger charge is -2.12. The number of carbonyl (C=O) groups excluding carboxylic acids is 1. The Morgan fingerprint density at radius 3 is 2.55 bits per heavy atom. The van der Waals surface area contributed by atoms with Crippen LogP contribution in [0.4, 0.5) is 15.9 Å². The first kappa shape index (κ1) is 24.6. The van der Waals surface area contributed by atoms with E-state index in [2.05, 4.69) is 31.8 Å². The number of carbonyl (C=O) groups is 1. The van der Waals surface area contributed by atoms with Crippen LogP contribution >= 0.6 is 0 Å². The maximum absolute atomic E-state index is 15.5. The van der Waals surface area contributed by atoms with Crippen LogP contribution in [0.2, 0.25) is 0 Å². The van der Waals surface area contributed by atoms with Crippen LogP contribution in [0.15, 0.2) is 73.2 Å². The molecule has 3 N–H and O–H groups in total. The summed E-state index contributed by atoms with van der Waals surface area (Å²) in [5.74, 6) is -0.108. The molecule has 0 saturated heterocycles. The third-order valence-electron chi connectivity index (χ3n) is 5.99. The maximum atomic E-state index is 15.5. The van der Waals surface area contributed by atoms with Crippen LogP contribution in [0.5, 0.6) is 11.8 Å². The summed E-state index contributed by atoms with van der Waals surface area (Å²) < 4.78 is 23.1. The highest BCUT2D eigenvalue weighted by molar-refractivity contribution is 6.08. The summed E-state index contributed by atoms with van der Waals surface area (Å²) in [4.78, 5) is 29.0. The van der Waals surface area contributed by atoms with Gasteiger partial charge in [-0.15, -0.1) is 0 Å². The van der Waals surface area contributed by atoms with E-state index >= 15 is 4.39 Å². The van der Waals surface area contributed by atoms with Gasteiger partial charge in [0, 0.05) is 41.3 Å². The van der Waals surface area contributed by atoms with E-state index in [1.165, 1.54) is 12.4 Å². The minimum Gasteiger partial charge on any atom is -0.424 e. The van der Waals surface area contributed by atoms with Crippen molar-refractivity contribution in [2.24, 2.45) is 7.05 Å². The molecule has 0 bridgehead atoms. The monoisotopic (exact) mass is 509 g/mol. The maximum Gasteiger partial charge on any atom is 0.322 e. The van der Waals surface area contributed by atoms with Crippen LogP contribution in [-0.2, 0) is 11.8 Å². The number of nitrogens with one attached hydrogen (secondary N) is 1. The molecule has 3 aromatic heterocycles. The fourth-order valence-corrected chi connectivity index (χ4v) is 4.16. The first-order chi connectivity index (χ1) is 18.2. The first-order valence-electron chi connectivity index (χ1n) is 11.7. The van der Waals surface area contributed by atoms with Crippen molar-refractivity contribution >= 4 is 28.4 Å². The Kier molecular flexibility index (Phi) is 6.29. The van der Waals surface area contributed by atoms with Crippen LogP contribution in [0.3, 0.4) is 0 Å². The molecule has 0 fully saturated rings. The average molecular weight is 510 g/mol. The number of nitrogens with zero attached hydrogens (tertiary/aromatic N) is 5. The molecular weight excluding hydrogens is 485 g/mol. The molecule has 10 heteroatoms. The minimum absolute atomic E-state index is 0.238. The van der Waals surface area contributed by atoms with Crippen molar-refractivity contribution in [1.29, 1.82) is 0 Å². The van der Waals surface area contributed by atoms with Crippen LogP contribution in [0.25, 0.3) is 33.4 Å². The molecule has 0 radical (unpaired) electrons. The molecule has 0 saturated carbocycles. The predicted molar refractivity (Wildman–Crippen MR) is 144 cm³/mol. The van der Waals surface area contributed by atoms with Gasteiger partial charge < -0.3 is 20.4 Å².